The lowest BCUT2D eigenvalue weighted by molar-refractivity contribution is -0.118. The van der Waals surface area contributed by atoms with Crippen LogP contribution in [0.25, 0.3) is 0 Å². The van der Waals surface area contributed by atoms with E-state index in [0.717, 1.165) is 18.4 Å². The molecule has 0 aliphatic carbocycles. The first-order valence-corrected chi connectivity index (χ1v) is 11.0. The lowest BCUT2D eigenvalue weighted by Gasteiger charge is -2.20. The van der Waals surface area contributed by atoms with Gasteiger partial charge in [0.15, 0.2) is 5.78 Å². The maximum Gasteiger partial charge on any atom is 0.164 e. The van der Waals surface area contributed by atoms with Crippen molar-refractivity contribution in [1.82, 2.24) is 20.4 Å². The van der Waals surface area contributed by atoms with Gasteiger partial charge in [-0.3, -0.25) is 14.6 Å². The predicted octanol–water partition coefficient (Wildman–Crippen LogP) is 2.61. The van der Waals surface area contributed by atoms with E-state index in [4.69, 9.17) is 0 Å². The summed E-state index contributed by atoms with van der Waals surface area (Å²) in [6, 6.07) is 2.33. The van der Waals surface area contributed by atoms with Crippen molar-refractivity contribution in [3.05, 3.63) is 0 Å². The highest BCUT2D eigenvalue weighted by molar-refractivity contribution is 5.88. The van der Waals surface area contributed by atoms with Crippen molar-refractivity contribution >= 4 is 5.78 Å². The molecule has 0 aromatic rings. The van der Waals surface area contributed by atoms with Crippen LogP contribution in [0, 0.1) is 11.8 Å². The summed E-state index contributed by atoms with van der Waals surface area (Å²) in [4.78, 5) is 16.3. The zero-order chi connectivity index (χ0) is 20.7. The smallest absolute Gasteiger partial charge is 0.164 e. The molecule has 0 amide bonds. The average molecular weight is 383 g/mol. The number of Topliss-reactive ketones (excluding diaryl/α,β-unsaturated/α-hetero) is 1. The third-order valence-corrected chi connectivity index (χ3v) is 5.77. The first-order valence-electron chi connectivity index (χ1n) is 11.0. The second-order valence-corrected chi connectivity index (χ2v) is 9.70. The summed E-state index contributed by atoms with van der Waals surface area (Å²) in [6.45, 7) is 21.6. The molecule has 2 rings (SSSR count). The van der Waals surface area contributed by atoms with Gasteiger partial charge in [-0.05, 0) is 53.0 Å². The minimum Gasteiger partial charge on any atom is -0.315 e. The van der Waals surface area contributed by atoms with E-state index in [1.54, 1.807) is 0 Å². The Labute approximate surface area is 168 Å². The molecular formula is C22H46N4O. The zero-order valence-corrected chi connectivity index (χ0v) is 19.4. The normalized spacial score (nSPS) is 27.3. The molecule has 2 heterocycles. The van der Waals surface area contributed by atoms with Crippen molar-refractivity contribution in [2.45, 2.75) is 92.0 Å². The highest BCUT2D eigenvalue weighted by Gasteiger charge is 2.33. The van der Waals surface area contributed by atoms with Crippen LogP contribution in [0.15, 0.2) is 0 Å². The third-order valence-electron chi connectivity index (χ3n) is 5.77. The molecule has 2 fully saturated rings. The second kappa shape index (κ2) is 11.5. The molecule has 0 aromatic heterocycles. The quantitative estimate of drug-likeness (QED) is 0.709. The number of ketones is 1. The van der Waals surface area contributed by atoms with Crippen molar-refractivity contribution in [2.24, 2.45) is 11.8 Å². The second-order valence-electron chi connectivity index (χ2n) is 9.70. The number of carbonyl (C=O) groups is 1. The summed E-state index contributed by atoms with van der Waals surface area (Å²) in [5.41, 5.74) is 0. The molecule has 160 valence electrons. The number of rotatable bonds is 7. The zero-order valence-electron chi connectivity index (χ0n) is 19.4. The summed E-state index contributed by atoms with van der Waals surface area (Å²) in [6.07, 6.45) is 1.36. The van der Waals surface area contributed by atoms with E-state index in [1.807, 2.05) is 0 Å². The van der Waals surface area contributed by atoms with Crippen LogP contribution in [0.4, 0.5) is 0 Å². The fraction of sp³-hybridized carbons (Fsp3) is 0.955. The number of nitrogens with one attached hydrogen (secondary N) is 2. The van der Waals surface area contributed by atoms with Gasteiger partial charge in [0.1, 0.15) is 0 Å². The fourth-order valence-electron chi connectivity index (χ4n) is 4.15. The van der Waals surface area contributed by atoms with Gasteiger partial charge in [-0.15, -0.1) is 0 Å². The summed E-state index contributed by atoms with van der Waals surface area (Å²) in [5, 5.41) is 6.75. The lowest BCUT2D eigenvalue weighted by Crippen LogP contribution is -2.41. The highest BCUT2D eigenvalue weighted by atomic mass is 16.1. The van der Waals surface area contributed by atoms with Gasteiger partial charge >= 0.3 is 0 Å². The van der Waals surface area contributed by atoms with Crippen molar-refractivity contribution in [1.29, 1.82) is 0 Å². The summed E-state index contributed by atoms with van der Waals surface area (Å²) >= 11 is 0. The van der Waals surface area contributed by atoms with E-state index in [1.165, 1.54) is 19.5 Å². The topological polar surface area (TPSA) is 47.6 Å². The first kappa shape index (κ1) is 24.5. The van der Waals surface area contributed by atoms with Gasteiger partial charge in [-0.2, -0.15) is 0 Å². The number of hydrogen-bond donors (Lipinski definition) is 2. The van der Waals surface area contributed by atoms with Gasteiger partial charge in [0, 0.05) is 43.8 Å². The molecule has 0 radical (unpaired) electrons. The van der Waals surface area contributed by atoms with E-state index in [-0.39, 0.29) is 6.04 Å². The summed E-state index contributed by atoms with van der Waals surface area (Å²) in [5.74, 6) is 2.01. The molecule has 0 saturated carbocycles. The number of hydrogen-bond acceptors (Lipinski definition) is 5. The van der Waals surface area contributed by atoms with Crippen LogP contribution >= 0.6 is 0 Å². The Hall–Kier alpha value is -0.490. The molecule has 27 heavy (non-hydrogen) atoms. The Bertz CT molecular complexity index is 436. The molecule has 0 spiro atoms. The van der Waals surface area contributed by atoms with Crippen molar-refractivity contribution in [2.75, 3.05) is 33.2 Å². The minimum atomic E-state index is 0.0578. The van der Waals surface area contributed by atoms with E-state index < -0.39 is 0 Å². The number of carbonyl (C=O) groups excluding carboxylic acids is 1. The van der Waals surface area contributed by atoms with Gasteiger partial charge in [-0.25, -0.2) is 0 Å². The van der Waals surface area contributed by atoms with E-state index in [9.17, 15) is 4.79 Å². The van der Waals surface area contributed by atoms with Crippen LogP contribution in [-0.4, -0.2) is 79.0 Å². The standard InChI is InChI=1S/C12H26N2.C10H20N2O/c1-9(2)6-11-7-14(10(3)4)8-12(11)13-5;1-7(2)11-9-5-12(8(3)4)6-10(9)13/h9-13H,6-8H2,1-5H3;7-9,11H,5-6H2,1-4H3. The Kier molecular flexibility index (Phi) is 10.5. The van der Waals surface area contributed by atoms with E-state index in [2.05, 4.69) is 82.9 Å². The SMILES string of the molecule is CC(C)NC1CN(C(C)C)CC1=O.CNC1CN(C(C)C)CC1CC(C)C. The average Bonchev–Trinajstić information content (AvgIpc) is 3.11. The van der Waals surface area contributed by atoms with Crippen molar-refractivity contribution in [3.63, 3.8) is 0 Å². The molecule has 5 nitrogen and oxygen atoms in total. The molecule has 3 atom stereocenters. The Morgan fingerprint density at radius 1 is 0.926 bits per heavy atom. The van der Waals surface area contributed by atoms with Crippen LogP contribution < -0.4 is 10.6 Å². The summed E-state index contributed by atoms with van der Waals surface area (Å²) in [7, 11) is 2.10. The van der Waals surface area contributed by atoms with Crippen LogP contribution in [0.1, 0.15) is 61.8 Å². The largest absolute Gasteiger partial charge is 0.315 e. The Morgan fingerprint density at radius 3 is 1.93 bits per heavy atom. The molecular weight excluding hydrogens is 336 g/mol. The van der Waals surface area contributed by atoms with Crippen LogP contribution in [-0.2, 0) is 4.79 Å². The van der Waals surface area contributed by atoms with Gasteiger partial charge < -0.3 is 10.6 Å². The van der Waals surface area contributed by atoms with E-state index in [0.29, 0.717) is 36.5 Å². The maximum atomic E-state index is 11.5. The van der Waals surface area contributed by atoms with Crippen LogP contribution in [0.3, 0.4) is 0 Å². The monoisotopic (exact) mass is 382 g/mol. The molecule has 5 heteroatoms. The van der Waals surface area contributed by atoms with Gasteiger partial charge in [0.2, 0.25) is 0 Å². The summed E-state index contributed by atoms with van der Waals surface area (Å²) < 4.78 is 0. The Morgan fingerprint density at radius 2 is 1.52 bits per heavy atom. The van der Waals surface area contributed by atoms with Crippen LogP contribution in [0.2, 0.25) is 0 Å². The molecule has 2 aliphatic rings. The van der Waals surface area contributed by atoms with Crippen molar-refractivity contribution in [3.8, 4) is 0 Å². The highest BCUT2D eigenvalue weighted by Crippen LogP contribution is 2.25. The van der Waals surface area contributed by atoms with Gasteiger partial charge in [0.25, 0.3) is 0 Å². The van der Waals surface area contributed by atoms with E-state index >= 15 is 0 Å². The third kappa shape index (κ3) is 8.18. The van der Waals surface area contributed by atoms with Gasteiger partial charge in [-0.1, -0.05) is 27.7 Å². The van der Waals surface area contributed by atoms with Crippen LogP contribution in [0.5, 0.6) is 0 Å². The molecule has 2 saturated heterocycles. The number of nitrogens with zero attached hydrogens (tertiary/aromatic N) is 2. The molecule has 0 aromatic carbocycles. The maximum absolute atomic E-state index is 11.5. The predicted molar refractivity (Wildman–Crippen MR) is 116 cm³/mol. The fourth-order valence-corrected chi connectivity index (χ4v) is 4.15. The Balaban J connectivity index is 0.000000271. The molecule has 2 aliphatic heterocycles. The number of likely N-dealkylation sites (N-methyl/N-ethyl adjacent to an activating group) is 1. The number of likely N-dealkylation sites (tertiary alicyclic amines) is 2. The lowest BCUT2D eigenvalue weighted by atomic mass is 9.93. The minimum absolute atomic E-state index is 0.0578. The first-order chi connectivity index (χ1) is 12.5. The molecule has 2 N–H and O–H groups in total. The van der Waals surface area contributed by atoms with Gasteiger partial charge in [0.05, 0.1) is 12.6 Å². The molecule has 0 bridgehead atoms. The van der Waals surface area contributed by atoms with Crippen molar-refractivity contribution < 1.29 is 4.79 Å². The molecule has 3 unspecified atom stereocenters.